The highest BCUT2D eigenvalue weighted by Gasteiger charge is 2.14. The van der Waals surface area contributed by atoms with Gasteiger partial charge in [0.05, 0.1) is 6.04 Å². The Labute approximate surface area is 110 Å². The lowest BCUT2D eigenvalue weighted by molar-refractivity contribution is 0.316. The van der Waals surface area contributed by atoms with Gasteiger partial charge in [0, 0.05) is 10.2 Å². The summed E-state index contributed by atoms with van der Waals surface area (Å²) >= 11 is 3.46. The minimum absolute atomic E-state index is 0.154. The Balaban J connectivity index is 3.02. The fraction of sp³-hybridized carbons (Fsp3) is 0.417. The maximum Gasteiger partial charge on any atom is 0.161 e. The van der Waals surface area contributed by atoms with E-state index < -0.39 is 0 Å². The number of hydrogen-bond acceptors (Lipinski definition) is 3. The van der Waals surface area contributed by atoms with Crippen LogP contribution >= 0.6 is 15.9 Å². The maximum absolute atomic E-state index is 8.71. The Morgan fingerprint density at radius 3 is 2.41 bits per heavy atom. The molecule has 0 spiro atoms. The van der Waals surface area contributed by atoms with Gasteiger partial charge in [-0.1, -0.05) is 28.0 Å². The molecule has 0 bridgehead atoms. The summed E-state index contributed by atoms with van der Waals surface area (Å²) in [6.45, 7) is 6.04. The van der Waals surface area contributed by atoms with Crippen molar-refractivity contribution in [1.29, 1.82) is 0 Å². The molecular formula is C12H18BrN3O. The molecule has 1 unspecified atom stereocenters. The number of oxime groups is 1. The van der Waals surface area contributed by atoms with E-state index in [-0.39, 0.29) is 11.9 Å². The lowest BCUT2D eigenvalue weighted by Crippen LogP contribution is -2.35. The Kier molecular flexibility index (Phi) is 4.81. The lowest BCUT2D eigenvalue weighted by atomic mass is 10.1. The Hall–Kier alpha value is -1.23. The van der Waals surface area contributed by atoms with Gasteiger partial charge >= 0.3 is 0 Å². The normalized spacial score (nSPS) is 13.5. The van der Waals surface area contributed by atoms with Crippen LogP contribution < -0.4 is 11.1 Å². The molecule has 4 nitrogen and oxygen atoms in total. The van der Waals surface area contributed by atoms with Crippen molar-refractivity contribution in [3.8, 4) is 0 Å². The average Bonchev–Trinajstić information content (AvgIpc) is 2.27. The molecule has 0 fully saturated rings. The highest BCUT2D eigenvalue weighted by molar-refractivity contribution is 9.10. The molecule has 0 aliphatic carbocycles. The molecule has 0 aromatic heterocycles. The van der Waals surface area contributed by atoms with Crippen molar-refractivity contribution in [2.24, 2.45) is 10.9 Å². The number of anilines is 1. The Morgan fingerprint density at radius 1 is 1.47 bits per heavy atom. The largest absolute Gasteiger partial charge is 0.409 e. The molecule has 0 saturated heterocycles. The number of nitrogens with one attached hydrogen (secondary N) is 1. The van der Waals surface area contributed by atoms with E-state index in [2.05, 4.69) is 26.4 Å². The quantitative estimate of drug-likeness (QED) is 0.346. The summed E-state index contributed by atoms with van der Waals surface area (Å²) in [5, 5.41) is 15.1. The van der Waals surface area contributed by atoms with Crippen molar-refractivity contribution in [3.63, 3.8) is 0 Å². The summed E-state index contributed by atoms with van der Waals surface area (Å²) in [5.41, 5.74) is 8.92. The second kappa shape index (κ2) is 5.91. The summed E-state index contributed by atoms with van der Waals surface area (Å²) in [6.07, 6.45) is 0.755. The standard InChI is InChI=1S/C12H18BrN3O/c1-4-10(12(14)16-17)15-11-7(2)5-9(13)6-8(11)3/h5-6,10,15,17H,4H2,1-3H3,(H2,14,16). The second-order valence-corrected chi connectivity index (χ2v) is 4.96. The molecule has 1 aromatic carbocycles. The molecule has 0 aliphatic rings. The second-order valence-electron chi connectivity index (χ2n) is 4.04. The number of nitrogens with zero attached hydrogens (tertiary/aromatic N) is 1. The van der Waals surface area contributed by atoms with Gasteiger partial charge in [-0.3, -0.25) is 0 Å². The van der Waals surface area contributed by atoms with Gasteiger partial charge in [0.2, 0.25) is 0 Å². The zero-order valence-corrected chi connectivity index (χ0v) is 11.9. The fourth-order valence-corrected chi connectivity index (χ4v) is 2.45. The van der Waals surface area contributed by atoms with E-state index in [1.165, 1.54) is 0 Å². The van der Waals surface area contributed by atoms with E-state index in [1.807, 2.05) is 32.9 Å². The van der Waals surface area contributed by atoms with Crippen LogP contribution in [0.4, 0.5) is 5.69 Å². The van der Waals surface area contributed by atoms with Crippen LogP contribution in [-0.2, 0) is 0 Å². The Bertz CT molecular complexity index is 409. The SMILES string of the molecule is CCC(Nc1c(C)cc(Br)cc1C)C(N)=NO. The number of benzene rings is 1. The van der Waals surface area contributed by atoms with E-state index in [1.54, 1.807) is 0 Å². The predicted molar refractivity (Wildman–Crippen MR) is 74.7 cm³/mol. The van der Waals surface area contributed by atoms with Crippen molar-refractivity contribution in [2.45, 2.75) is 33.2 Å². The van der Waals surface area contributed by atoms with Gasteiger partial charge in [-0.05, 0) is 43.5 Å². The number of hydrogen-bond donors (Lipinski definition) is 3. The van der Waals surface area contributed by atoms with Crippen molar-refractivity contribution in [1.82, 2.24) is 0 Å². The van der Waals surface area contributed by atoms with Gasteiger partial charge in [-0.2, -0.15) is 0 Å². The number of rotatable bonds is 4. The van der Waals surface area contributed by atoms with Crippen molar-refractivity contribution in [2.75, 3.05) is 5.32 Å². The average molecular weight is 300 g/mol. The first-order valence-corrected chi connectivity index (χ1v) is 6.29. The summed E-state index contributed by atoms with van der Waals surface area (Å²) in [5.74, 6) is 0.203. The summed E-state index contributed by atoms with van der Waals surface area (Å²) in [4.78, 5) is 0. The molecule has 0 heterocycles. The molecule has 5 heteroatoms. The molecule has 1 aromatic rings. The van der Waals surface area contributed by atoms with Crippen LogP contribution in [0.25, 0.3) is 0 Å². The van der Waals surface area contributed by atoms with Crippen LogP contribution in [0.5, 0.6) is 0 Å². The third-order valence-electron chi connectivity index (χ3n) is 2.70. The minimum atomic E-state index is -0.154. The van der Waals surface area contributed by atoms with Gasteiger partial charge in [0.25, 0.3) is 0 Å². The van der Waals surface area contributed by atoms with E-state index in [9.17, 15) is 0 Å². The smallest absolute Gasteiger partial charge is 0.161 e. The van der Waals surface area contributed by atoms with Gasteiger partial charge in [0.15, 0.2) is 5.84 Å². The predicted octanol–water partition coefficient (Wildman–Crippen LogP) is 3.00. The first-order valence-electron chi connectivity index (χ1n) is 5.50. The van der Waals surface area contributed by atoms with E-state index in [0.29, 0.717) is 0 Å². The molecule has 0 radical (unpaired) electrons. The molecule has 94 valence electrons. The summed E-state index contributed by atoms with van der Waals surface area (Å²) < 4.78 is 1.05. The van der Waals surface area contributed by atoms with Gasteiger partial charge in [0.1, 0.15) is 0 Å². The highest BCUT2D eigenvalue weighted by Crippen LogP contribution is 2.26. The summed E-state index contributed by atoms with van der Waals surface area (Å²) in [6, 6.07) is 3.92. The number of halogens is 1. The maximum atomic E-state index is 8.71. The van der Waals surface area contributed by atoms with Crippen molar-refractivity contribution in [3.05, 3.63) is 27.7 Å². The van der Waals surface area contributed by atoms with Gasteiger partial charge in [-0.15, -0.1) is 0 Å². The lowest BCUT2D eigenvalue weighted by Gasteiger charge is -2.20. The van der Waals surface area contributed by atoms with Crippen LogP contribution in [0.2, 0.25) is 0 Å². The molecule has 1 rings (SSSR count). The van der Waals surface area contributed by atoms with E-state index >= 15 is 0 Å². The van der Waals surface area contributed by atoms with Gasteiger partial charge < -0.3 is 16.3 Å². The van der Waals surface area contributed by atoms with E-state index in [4.69, 9.17) is 10.9 Å². The molecule has 4 N–H and O–H groups in total. The zero-order chi connectivity index (χ0) is 13.0. The van der Waals surface area contributed by atoms with Gasteiger partial charge in [-0.25, -0.2) is 0 Å². The minimum Gasteiger partial charge on any atom is -0.409 e. The zero-order valence-electron chi connectivity index (χ0n) is 10.3. The van der Waals surface area contributed by atoms with Crippen LogP contribution in [-0.4, -0.2) is 17.1 Å². The van der Waals surface area contributed by atoms with Crippen LogP contribution in [0.1, 0.15) is 24.5 Å². The first-order chi connectivity index (χ1) is 7.99. The van der Waals surface area contributed by atoms with Crippen LogP contribution in [0, 0.1) is 13.8 Å². The number of nitrogens with two attached hydrogens (primary N) is 1. The fourth-order valence-electron chi connectivity index (χ4n) is 1.77. The topological polar surface area (TPSA) is 70.6 Å². The monoisotopic (exact) mass is 299 g/mol. The molecular weight excluding hydrogens is 282 g/mol. The van der Waals surface area contributed by atoms with Crippen molar-refractivity contribution >= 4 is 27.5 Å². The highest BCUT2D eigenvalue weighted by atomic mass is 79.9. The molecule has 1 atom stereocenters. The third kappa shape index (κ3) is 3.36. The molecule has 0 saturated carbocycles. The van der Waals surface area contributed by atoms with E-state index in [0.717, 1.165) is 27.7 Å². The first kappa shape index (κ1) is 13.8. The Morgan fingerprint density at radius 2 is 2.00 bits per heavy atom. The summed E-state index contributed by atoms with van der Waals surface area (Å²) in [7, 11) is 0. The van der Waals surface area contributed by atoms with Crippen LogP contribution in [0.15, 0.2) is 21.8 Å². The molecule has 17 heavy (non-hydrogen) atoms. The number of aryl methyl sites for hydroxylation is 2. The number of amidine groups is 1. The third-order valence-corrected chi connectivity index (χ3v) is 3.15. The van der Waals surface area contributed by atoms with Crippen molar-refractivity contribution < 1.29 is 5.21 Å². The van der Waals surface area contributed by atoms with Crippen LogP contribution in [0.3, 0.4) is 0 Å². The molecule has 0 amide bonds. The molecule has 0 aliphatic heterocycles.